The summed E-state index contributed by atoms with van der Waals surface area (Å²) in [6, 6.07) is 15.7. The number of carbonyl (C=O) groups excluding carboxylic acids is 2. The van der Waals surface area contributed by atoms with Crippen LogP contribution in [0.2, 0.25) is 0 Å². The number of nitrogens with zero attached hydrogens (tertiary/aromatic N) is 2. The van der Waals surface area contributed by atoms with Gasteiger partial charge in [0.1, 0.15) is 11.7 Å². The summed E-state index contributed by atoms with van der Waals surface area (Å²) < 4.78 is 5.10. The van der Waals surface area contributed by atoms with Gasteiger partial charge >= 0.3 is 0 Å². The van der Waals surface area contributed by atoms with Crippen molar-refractivity contribution in [3.8, 4) is 11.8 Å². The molecule has 0 N–H and O–H groups in total. The lowest BCUT2D eigenvalue weighted by atomic mass is 9.89. The standard InChI is InChI=1S/C20H18N2O3/c1-25-17-10-6-15(7-11-17)19(23)18-3-2-12-22(20(18)24)16-8-4-14(13-21)5-9-16/h4-11,18H,2-3,12H2,1H3. The molecule has 5 nitrogen and oxygen atoms in total. The van der Waals surface area contributed by atoms with E-state index < -0.39 is 5.92 Å². The number of benzene rings is 2. The van der Waals surface area contributed by atoms with Gasteiger partial charge in [0.2, 0.25) is 5.91 Å². The Labute approximate surface area is 146 Å². The Morgan fingerprint density at radius 2 is 1.84 bits per heavy atom. The molecule has 3 rings (SSSR count). The highest BCUT2D eigenvalue weighted by Crippen LogP contribution is 2.27. The minimum Gasteiger partial charge on any atom is -0.497 e. The van der Waals surface area contributed by atoms with E-state index in [1.54, 1.807) is 60.5 Å². The highest BCUT2D eigenvalue weighted by molar-refractivity contribution is 6.14. The number of Topliss-reactive ketones (excluding diaryl/α,β-unsaturated/α-hetero) is 1. The van der Waals surface area contributed by atoms with Crippen molar-refractivity contribution in [3.63, 3.8) is 0 Å². The van der Waals surface area contributed by atoms with Crippen molar-refractivity contribution in [2.45, 2.75) is 12.8 Å². The zero-order valence-electron chi connectivity index (χ0n) is 13.9. The second kappa shape index (κ2) is 7.18. The maximum atomic E-state index is 12.8. The van der Waals surface area contributed by atoms with Crippen molar-refractivity contribution < 1.29 is 14.3 Å². The van der Waals surface area contributed by atoms with Crippen LogP contribution in [-0.2, 0) is 4.79 Å². The van der Waals surface area contributed by atoms with Crippen LogP contribution in [0.3, 0.4) is 0 Å². The second-order valence-electron chi connectivity index (χ2n) is 5.94. The summed E-state index contributed by atoms with van der Waals surface area (Å²) in [4.78, 5) is 27.2. The van der Waals surface area contributed by atoms with Gasteiger partial charge in [-0.05, 0) is 61.4 Å². The number of carbonyl (C=O) groups is 2. The fourth-order valence-electron chi connectivity index (χ4n) is 3.05. The van der Waals surface area contributed by atoms with E-state index in [0.29, 0.717) is 29.8 Å². The van der Waals surface area contributed by atoms with E-state index in [1.807, 2.05) is 0 Å². The van der Waals surface area contributed by atoms with Gasteiger partial charge in [-0.3, -0.25) is 9.59 Å². The lowest BCUT2D eigenvalue weighted by Gasteiger charge is -2.31. The molecule has 1 fully saturated rings. The number of hydrogen-bond acceptors (Lipinski definition) is 4. The van der Waals surface area contributed by atoms with Crippen LogP contribution in [0.1, 0.15) is 28.8 Å². The van der Waals surface area contributed by atoms with Crippen molar-refractivity contribution in [3.05, 3.63) is 59.7 Å². The molecule has 1 aliphatic heterocycles. The molecule has 1 heterocycles. The first-order chi connectivity index (χ1) is 12.1. The normalized spacial score (nSPS) is 17.0. The van der Waals surface area contributed by atoms with Crippen molar-refractivity contribution >= 4 is 17.4 Å². The van der Waals surface area contributed by atoms with Gasteiger partial charge in [-0.15, -0.1) is 0 Å². The summed E-state index contributed by atoms with van der Waals surface area (Å²) in [6.07, 6.45) is 1.31. The number of amides is 1. The van der Waals surface area contributed by atoms with E-state index in [9.17, 15) is 9.59 Å². The summed E-state index contributed by atoms with van der Waals surface area (Å²) in [5.41, 5.74) is 1.77. The monoisotopic (exact) mass is 334 g/mol. The smallest absolute Gasteiger partial charge is 0.237 e. The van der Waals surface area contributed by atoms with Crippen LogP contribution < -0.4 is 9.64 Å². The third-order valence-electron chi connectivity index (χ3n) is 4.44. The molecule has 0 bridgehead atoms. The molecule has 1 saturated heterocycles. The first-order valence-corrected chi connectivity index (χ1v) is 8.14. The Balaban J connectivity index is 1.81. The van der Waals surface area contributed by atoms with Crippen LogP contribution in [0.4, 0.5) is 5.69 Å². The molecular formula is C20H18N2O3. The van der Waals surface area contributed by atoms with E-state index in [4.69, 9.17) is 10.00 Å². The molecule has 25 heavy (non-hydrogen) atoms. The lowest BCUT2D eigenvalue weighted by molar-refractivity contribution is -0.122. The van der Waals surface area contributed by atoms with E-state index >= 15 is 0 Å². The van der Waals surface area contributed by atoms with Gasteiger partial charge in [-0.25, -0.2) is 0 Å². The maximum Gasteiger partial charge on any atom is 0.237 e. The molecular weight excluding hydrogens is 316 g/mol. The van der Waals surface area contributed by atoms with E-state index in [2.05, 4.69) is 6.07 Å². The average Bonchev–Trinajstić information content (AvgIpc) is 2.68. The predicted molar refractivity (Wildman–Crippen MR) is 93.6 cm³/mol. The highest BCUT2D eigenvalue weighted by atomic mass is 16.5. The number of nitriles is 1. The third-order valence-corrected chi connectivity index (χ3v) is 4.44. The second-order valence-corrected chi connectivity index (χ2v) is 5.94. The van der Waals surface area contributed by atoms with E-state index in [0.717, 1.165) is 12.1 Å². The number of rotatable bonds is 4. The molecule has 0 aliphatic carbocycles. The fraction of sp³-hybridized carbons (Fsp3) is 0.250. The van der Waals surface area contributed by atoms with Gasteiger partial charge < -0.3 is 9.64 Å². The Morgan fingerprint density at radius 1 is 1.16 bits per heavy atom. The van der Waals surface area contributed by atoms with E-state index in [1.165, 1.54) is 0 Å². The van der Waals surface area contributed by atoms with Crippen LogP contribution in [0.15, 0.2) is 48.5 Å². The zero-order chi connectivity index (χ0) is 17.8. The molecule has 0 aromatic heterocycles. The van der Waals surface area contributed by atoms with Crippen LogP contribution in [-0.4, -0.2) is 25.3 Å². The summed E-state index contributed by atoms with van der Waals surface area (Å²) in [6.45, 7) is 0.580. The van der Waals surface area contributed by atoms with Crippen LogP contribution in [0.5, 0.6) is 5.75 Å². The van der Waals surface area contributed by atoms with Crippen molar-refractivity contribution in [2.75, 3.05) is 18.6 Å². The molecule has 1 amide bonds. The van der Waals surface area contributed by atoms with E-state index in [-0.39, 0.29) is 11.7 Å². The maximum absolute atomic E-state index is 12.8. The number of methoxy groups -OCH3 is 1. The Morgan fingerprint density at radius 3 is 2.44 bits per heavy atom. The van der Waals surface area contributed by atoms with Gasteiger partial charge in [0.15, 0.2) is 5.78 Å². The zero-order valence-corrected chi connectivity index (χ0v) is 13.9. The van der Waals surface area contributed by atoms with Gasteiger partial charge in [0, 0.05) is 17.8 Å². The first-order valence-electron chi connectivity index (χ1n) is 8.14. The largest absolute Gasteiger partial charge is 0.497 e. The van der Waals surface area contributed by atoms with Gasteiger partial charge in [0.05, 0.1) is 18.7 Å². The summed E-state index contributed by atoms with van der Waals surface area (Å²) in [5, 5.41) is 8.88. The topological polar surface area (TPSA) is 70.4 Å². The SMILES string of the molecule is COc1ccc(C(=O)C2CCCN(c3ccc(C#N)cc3)C2=O)cc1. The number of ketones is 1. The van der Waals surface area contributed by atoms with Crippen LogP contribution in [0, 0.1) is 17.2 Å². The van der Waals surface area contributed by atoms with Gasteiger partial charge in [-0.1, -0.05) is 0 Å². The summed E-state index contributed by atoms with van der Waals surface area (Å²) in [7, 11) is 1.57. The number of hydrogen-bond donors (Lipinski definition) is 0. The van der Waals surface area contributed by atoms with Crippen LogP contribution in [0.25, 0.3) is 0 Å². The Kier molecular flexibility index (Phi) is 4.80. The quantitative estimate of drug-likeness (QED) is 0.636. The Hall–Kier alpha value is -3.13. The predicted octanol–water partition coefficient (Wildman–Crippen LogP) is 3.19. The molecule has 0 spiro atoms. The average molecular weight is 334 g/mol. The van der Waals surface area contributed by atoms with Crippen LogP contribution >= 0.6 is 0 Å². The molecule has 2 aromatic carbocycles. The molecule has 0 radical (unpaired) electrons. The summed E-state index contributed by atoms with van der Waals surface area (Å²) in [5.74, 6) is -0.341. The minimum absolute atomic E-state index is 0.161. The van der Waals surface area contributed by atoms with Gasteiger partial charge in [0.25, 0.3) is 0 Å². The molecule has 1 unspecified atom stereocenters. The van der Waals surface area contributed by atoms with Crippen molar-refractivity contribution in [2.24, 2.45) is 5.92 Å². The van der Waals surface area contributed by atoms with Gasteiger partial charge in [-0.2, -0.15) is 5.26 Å². The lowest BCUT2D eigenvalue weighted by Crippen LogP contribution is -2.44. The van der Waals surface area contributed by atoms with Crippen molar-refractivity contribution in [1.82, 2.24) is 0 Å². The fourth-order valence-corrected chi connectivity index (χ4v) is 3.05. The molecule has 0 saturated carbocycles. The highest BCUT2D eigenvalue weighted by Gasteiger charge is 2.35. The minimum atomic E-state index is -0.669. The third kappa shape index (κ3) is 3.38. The molecule has 126 valence electrons. The first kappa shape index (κ1) is 16.7. The number of piperidine rings is 1. The molecule has 1 atom stereocenters. The number of ether oxygens (including phenoxy) is 1. The number of anilines is 1. The van der Waals surface area contributed by atoms with Crippen molar-refractivity contribution in [1.29, 1.82) is 5.26 Å². The Bertz CT molecular complexity index is 820. The molecule has 2 aromatic rings. The molecule has 1 aliphatic rings. The molecule has 5 heteroatoms. The summed E-state index contributed by atoms with van der Waals surface area (Å²) >= 11 is 0.